The van der Waals surface area contributed by atoms with Gasteiger partial charge in [0, 0.05) is 5.02 Å². The van der Waals surface area contributed by atoms with Crippen molar-refractivity contribution in [3.05, 3.63) is 64.9 Å². The van der Waals surface area contributed by atoms with Crippen molar-refractivity contribution in [2.24, 2.45) is 0 Å². The number of aliphatic hydroxyl groups is 1. The molecule has 0 spiro atoms. The molecule has 3 rings (SSSR count). The molecule has 3 aromatic rings. The zero-order valence-corrected chi connectivity index (χ0v) is 11.9. The fourth-order valence-corrected chi connectivity index (χ4v) is 2.57. The fraction of sp³-hybridized carbons (Fsp3) is 0.188. The summed E-state index contributed by atoms with van der Waals surface area (Å²) in [6, 6.07) is 15.6. The van der Waals surface area contributed by atoms with E-state index in [2.05, 4.69) is 4.98 Å². The molecule has 102 valence electrons. The van der Waals surface area contributed by atoms with Crippen LogP contribution < -0.4 is 0 Å². The average molecular weight is 287 g/mol. The van der Waals surface area contributed by atoms with E-state index in [0.717, 1.165) is 21.6 Å². The van der Waals surface area contributed by atoms with Gasteiger partial charge in [-0.1, -0.05) is 41.9 Å². The molecule has 1 atom stereocenters. The van der Waals surface area contributed by atoms with E-state index in [0.29, 0.717) is 12.4 Å². The Hall–Kier alpha value is -1.84. The zero-order valence-electron chi connectivity index (χ0n) is 11.1. The van der Waals surface area contributed by atoms with Crippen molar-refractivity contribution >= 4 is 22.6 Å². The molecule has 0 fully saturated rings. The van der Waals surface area contributed by atoms with Gasteiger partial charge >= 0.3 is 0 Å². The van der Waals surface area contributed by atoms with Crippen LogP contribution in [0.2, 0.25) is 5.02 Å². The van der Waals surface area contributed by atoms with Gasteiger partial charge in [-0.2, -0.15) is 0 Å². The number of rotatable bonds is 3. The Morgan fingerprint density at radius 3 is 2.60 bits per heavy atom. The van der Waals surface area contributed by atoms with Crippen LogP contribution in [0.4, 0.5) is 0 Å². The van der Waals surface area contributed by atoms with Gasteiger partial charge in [-0.25, -0.2) is 4.98 Å². The summed E-state index contributed by atoms with van der Waals surface area (Å²) < 4.78 is 2.02. The summed E-state index contributed by atoms with van der Waals surface area (Å²) in [5.74, 6) is 0.658. The zero-order chi connectivity index (χ0) is 14.1. The van der Waals surface area contributed by atoms with E-state index >= 15 is 0 Å². The summed E-state index contributed by atoms with van der Waals surface area (Å²) in [4.78, 5) is 4.51. The summed E-state index contributed by atoms with van der Waals surface area (Å²) >= 11 is 6.23. The minimum atomic E-state index is -0.620. The highest BCUT2D eigenvalue weighted by atomic mass is 35.5. The summed E-state index contributed by atoms with van der Waals surface area (Å²) in [5, 5.41) is 10.7. The van der Waals surface area contributed by atoms with E-state index < -0.39 is 6.10 Å². The molecule has 4 heteroatoms. The number of benzene rings is 2. The molecule has 0 aliphatic carbocycles. The van der Waals surface area contributed by atoms with Gasteiger partial charge in [-0.05, 0) is 30.7 Å². The topological polar surface area (TPSA) is 38.1 Å². The molecule has 2 aromatic carbocycles. The van der Waals surface area contributed by atoms with E-state index in [1.165, 1.54) is 0 Å². The van der Waals surface area contributed by atoms with Crippen LogP contribution in [0.1, 0.15) is 24.4 Å². The predicted molar refractivity (Wildman–Crippen MR) is 80.9 cm³/mol. The third-order valence-electron chi connectivity index (χ3n) is 3.34. The Morgan fingerprint density at radius 2 is 1.85 bits per heavy atom. The maximum absolute atomic E-state index is 9.94. The van der Waals surface area contributed by atoms with Gasteiger partial charge in [0.25, 0.3) is 0 Å². The SMILES string of the molecule is C[C@H](O)c1nc2ccccc2n1Cc1ccccc1Cl. The maximum Gasteiger partial charge on any atom is 0.138 e. The van der Waals surface area contributed by atoms with Gasteiger partial charge in [-0.3, -0.25) is 0 Å². The minimum absolute atomic E-state index is 0.598. The second kappa shape index (κ2) is 5.27. The minimum Gasteiger partial charge on any atom is -0.385 e. The molecule has 0 unspecified atom stereocenters. The summed E-state index contributed by atoms with van der Waals surface area (Å²) in [6.45, 7) is 2.32. The first-order chi connectivity index (χ1) is 9.66. The first kappa shape index (κ1) is 13.2. The van der Waals surface area contributed by atoms with E-state index in [9.17, 15) is 5.11 Å². The Labute approximate surface area is 122 Å². The molecule has 20 heavy (non-hydrogen) atoms. The number of aromatic nitrogens is 2. The lowest BCUT2D eigenvalue weighted by Gasteiger charge is -2.12. The molecule has 1 N–H and O–H groups in total. The highest BCUT2D eigenvalue weighted by molar-refractivity contribution is 6.31. The van der Waals surface area contributed by atoms with Crippen molar-refractivity contribution in [1.82, 2.24) is 9.55 Å². The first-order valence-corrected chi connectivity index (χ1v) is 6.91. The summed E-state index contributed by atoms with van der Waals surface area (Å²) in [7, 11) is 0. The second-order valence-electron chi connectivity index (χ2n) is 4.81. The fourth-order valence-electron chi connectivity index (χ4n) is 2.38. The molecular weight excluding hydrogens is 272 g/mol. The standard InChI is InChI=1S/C16H15ClN2O/c1-11(20)16-18-14-8-4-5-9-15(14)19(16)10-12-6-2-3-7-13(12)17/h2-9,11,20H,10H2,1H3/t11-/m0/s1. The molecule has 0 aliphatic heterocycles. The van der Waals surface area contributed by atoms with Crippen molar-refractivity contribution in [2.45, 2.75) is 19.6 Å². The van der Waals surface area contributed by atoms with E-state index in [4.69, 9.17) is 11.6 Å². The molecule has 0 bridgehead atoms. The number of hydrogen-bond donors (Lipinski definition) is 1. The first-order valence-electron chi connectivity index (χ1n) is 6.53. The Balaban J connectivity index is 2.14. The number of aliphatic hydroxyl groups excluding tert-OH is 1. The van der Waals surface area contributed by atoms with Crippen molar-refractivity contribution in [1.29, 1.82) is 0 Å². The van der Waals surface area contributed by atoms with Crippen molar-refractivity contribution in [3.8, 4) is 0 Å². The predicted octanol–water partition coefficient (Wildman–Crippen LogP) is 3.79. The molecule has 1 heterocycles. The number of hydrogen-bond acceptors (Lipinski definition) is 2. The van der Waals surface area contributed by atoms with Crippen molar-refractivity contribution in [3.63, 3.8) is 0 Å². The van der Waals surface area contributed by atoms with Gasteiger partial charge < -0.3 is 9.67 Å². The molecule has 1 aromatic heterocycles. The molecule has 0 radical (unpaired) electrons. The van der Waals surface area contributed by atoms with Crippen LogP contribution >= 0.6 is 11.6 Å². The van der Waals surface area contributed by atoms with Crippen LogP contribution in [0.25, 0.3) is 11.0 Å². The van der Waals surface area contributed by atoms with Crippen LogP contribution in [0, 0.1) is 0 Å². The monoisotopic (exact) mass is 286 g/mol. The van der Waals surface area contributed by atoms with Gasteiger partial charge in [0.2, 0.25) is 0 Å². The normalized spacial score (nSPS) is 12.8. The molecule has 0 amide bonds. The van der Waals surface area contributed by atoms with Gasteiger partial charge in [0.1, 0.15) is 11.9 Å². The smallest absolute Gasteiger partial charge is 0.138 e. The van der Waals surface area contributed by atoms with Gasteiger partial charge in [0.05, 0.1) is 17.6 Å². The average Bonchev–Trinajstić information content (AvgIpc) is 2.81. The third kappa shape index (κ3) is 2.30. The number of fused-ring (bicyclic) bond motifs is 1. The van der Waals surface area contributed by atoms with E-state index in [1.807, 2.05) is 53.1 Å². The van der Waals surface area contributed by atoms with Crippen LogP contribution in [0.3, 0.4) is 0 Å². The van der Waals surface area contributed by atoms with Crippen LogP contribution in [0.5, 0.6) is 0 Å². The second-order valence-corrected chi connectivity index (χ2v) is 5.22. The van der Waals surface area contributed by atoms with Crippen LogP contribution in [-0.4, -0.2) is 14.7 Å². The highest BCUT2D eigenvalue weighted by Crippen LogP contribution is 2.24. The Morgan fingerprint density at radius 1 is 1.15 bits per heavy atom. The largest absolute Gasteiger partial charge is 0.385 e. The lowest BCUT2D eigenvalue weighted by atomic mass is 10.2. The van der Waals surface area contributed by atoms with Crippen LogP contribution in [-0.2, 0) is 6.54 Å². The quantitative estimate of drug-likeness (QED) is 0.795. The Bertz CT molecular complexity index is 749. The molecule has 0 saturated carbocycles. The number of halogens is 1. The number of imidazole rings is 1. The van der Waals surface area contributed by atoms with Crippen molar-refractivity contribution < 1.29 is 5.11 Å². The summed E-state index contributed by atoms with van der Waals surface area (Å²) in [5.41, 5.74) is 2.90. The summed E-state index contributed by atoms with van der Waals surface area (Å²) in [6.07, 6.45) is -0.620. The lowest BCUT2D eigenvalue weighted by Crippen LogP contribution is -2.08. The van der Waals surface area contributed by atoms with E-state index in [1.54, 1.807) is 6.92 Å². The lowest BCUT2D eigenvalue weighted by molar-refractivity contribution is 0.185. The van der Waals surface area contributed by atoms with E-state index in [-0.39, 0.29) is 0 Å². The van der Waals surface area contributed by atoms with Crippen molar-refractivity contribution in [2.75, 3.05) is 0 Å². The molecule has 3 nitrogen and oxygen atoms in total. The maximum atomic E-state index is 9.94. The molecule has 0 aliphatic rings. The van der Waals surface area contributed by atoms with Gasteiger partial charge in [0.15, 0.2) is 0 Å². The Kier molecular flexibility index (Phi) is 3.47. The third-order valence-corrected chi connectivity index (χ3v) is 3.71. The van der Waals surface area contributed by atoms with Crippen LogP contribution in [0.15, 0.2) is 48.5 Å². The highest BCUT2D eigenvalue weighted by Gasteiger charge is 2.15. The molecule has 0 saturated heterocycles. The molecular formula is C16H15ClN2O. The van der Waals surface area contributed by atoms with Gasteiger partial charge in [-0.15, -0.1) is 0 Å². The number of para-hydroxylation sites is 2. The number of nitrogens with zero attached hydrogens (tertiary/aromatic N) is 2.